The monoisotopic (exact) mass is 308 g/mol. The zero-order chi connectivity index (χ0) is 15.3. The highest BCUT2D eigenvalue weighted by Gasteiger charge is 2.20. The Labute approximate surface area is 132 Å². The minimum absolute atomic E-state index is 0.120. The van der Waals surface area contributed by atoms with Crippen molar-refractivity contribution in [1.29, 1.82) is 0 Å². The van der Waals surface area contributed by atoms with Crippen molar-refractivity contribution in [2.45, 2.75) is 26.2 Å². The van der Waals surface area contributed by atoms with E-state index in [2.05, 4.69) is 43.3 Å². The first-order valence-corrected chi connectivity index (χ1v) is 8.30. The summed E-state index contributed by atoms with van der Waals surface area (Å²) in [6.07, 6.45) is 2.09. The number of carboxylic acid groups (broad SMARTS) is 1. The van der Waals surface area contributed by atoms with Gasteiger partial charge in [0.2, 0.25) is 0 Å². The number of thiophene rings is 1. The van der Waals surface area contributed by atoms with Crippen LogP contribution in [0.1, 0.15) is 30.9 Å². The lowest BCUT2D eigenvalue weighted by atomic mass is 9.84. The van der Waals surface area contributed by atoms with Gasteiger partial charge in [-0.3, -0.25) is 4.79 Å². The number of carbonyl (C=O) groups is 1. The van der Waals surface area contributed by atoms with E-state index in [9.17, 15) is 9.90 Å². The second-order valence-corrected chi connectivity index (χ2v) is 7.02. The molecule has 0 aliphatic heterocycles. The van der Waals surface area contributed by atoms with Gasteiger partial charge in [0, 0.05) is 20.2 Å². The zero-order valence-electron chi connectivity index (χ0n) is 12.3. The van der Waals surface area contributed by atoms with E-state index in [1.165, 1.54) is 31.3 Å². The lowest BCUT2D eigenvalue weighted by Gasteiger charge is -2.21. The van der Waals surface area contributed by atoms with Crippen molar-refractivity contribution in [3.63, 3.8) is 0 Å². The van der Waals surface area contributed by atoms with Gasteiger partial charge in [0.25, 0.3) is 0 Å². The van der Waals surface area contributed by atoms with Crippen LogP contribution in [-0.2, 0) is 11.2 Å². The van der Waals surface area contributed by atoms with Crippen LogP contribution in [0.15, 0.2) is 42.0 Å². The van der Waals surface area contributed by atoms with Gasteiger partial charge in [-0.1, -0.05) is 23.8 Å². The standard InChI is InChI=1S/C19H16O2S/c1-11-6-7-12-8-16-13-4-2-3-5-17(13)22-18(16)9-15(12)14(11)10-19(20)21/h2-5,8-9H,6-7,10H2,1H3,(H,20,21). The maximum absolute atomic E-state index is 11.2. The summed E-state index contributed by atoms with van der Waals surface area (Å²) in [5, 5.41) is 11.8. The number of rotatable bonds is 2. The van der Waals surface area contributed by atoms with E-state index < -0.39 is 5.97 Å². The van der Waals surface area contributed by atoms with Gasteiger partial charge in [-0.25, -0.2) is 0 Å². The first-order chi connectivity index (χ1) is 10.6. The molecule has 3 aromatic rings. The Bertz CT molecular complexity index is 947. The van der Waals surface area contributed by atoms with Crippen molar-refractivity contribution in [1.82, 2.24) is 0 Å². The Morgan fingerprint density at radius 2 is 1.95 bits per heavy atom. The Balaban J connectivity index is 1.99. The van der Waals surface area contributed by atoms with Crippen molar-refractivity contribution in [3.05, 3.63) is 53.1 Å². The molecule has 3 heteroatoms. The number of allylic oxidation sites excluding steroid dienone is 1. The number of fused-ring (bicyclic) bond motifs is 4. The summed E-state index contributed by atoms with van der Waals surface area (Å²) in [4.78, 5) is 11.2. The number of carboxylic acids is 1. The molecule has 0 radical (unpaired) electrons. The minimum atomic E-state index is -0.751. The second kappa shape index (κ2) is 4.96. The summed E-state index contributed by atoms with van der Waals surface area (Å²) in [5.74, 6) is -0.751. The molecule has 110 valence electrons. The molecule has 1 aliphatic carbocycles. The maximum atomic E-state index is 11.2. The predicted molar refractivity (Wildman–Crippen MR) is 92.5 cm³/mol. The Hall–Kier alpha value is -2.13. The molecule has 0 amide bonds. The van der Waals surface area contributed by atoms with Crippen molar-refractivity contribution in [2.24, 2.45) is 0 Å². The van der Waals surface area contributed by atoms with Crippen LogP contribution in [0, 0.1) is 0 Å². The Morgan fingerprint density at radius 3 is 2.77 bits per heavy atom. The first kappa shape index (κ1) is 13.5. The highest BCUT2D eigenvalue weighted by atomic mass is 32.1. The summed E-state index contributed by atoms with van der Waals surface area (Å²) >= 11 is 1.79. The van der Waals surface area contributed by atoms with Gasteiger partial charge in [-0.2, -0.15) is 0 Å². The molecule has 0 fully saturated rings. The number of aryl methyl sites for hydroxylation is 1. The van der Waals surface area contributed by atoms with E-state index in [0.29, 0.717) is 0 Å². The van der Waals surface area contributed by atoms with Crippen molar-refractivity contribution >= 4 is 43.1 Å². The first-order valence-electron chi connectivity index (χ1n) is 7.48. The van der Waals surface area contributed by atoms with E-state index in [1.807, 2.05) is 0 Å². The van der Waals surface area contributed by atoms with Crippen LogP contribution in [-0.4, -0.2) is 11.1 Å². The highest BCUT2D eigenvalue weighted by molar-refractivity contribution is 7.25. The van der Waals surface area contributed by atoms with Crippen LogP contribution >= 0.6 is 11.3 Å². The molecule has 0 saturated carbocycles. The van der Waals surface area contributed by atoms with E-state index in [0.717, 1.165) is 24.0 Å². The quantitative estimate of drug-likeness (QED) is 0.702. The SMILES string of the molecule is CC1=C(CC(=O)O)c2cc3sc4ccccc4c3cc2CC1. The van der Waals surface area contributed by atoms with Gasteiger partial charge in [0.05, 0.1) is 6.42 Å². The molecule has 0 bridgehead atoms. The van der Waals surface area contributed by atoms with Gasteiger partial charge in [0.15, 0.2) is 0 Å². The van der Waals surface area contributed by atoms with Crippen LogP contribution in [0.25, 0.3) is 25.7 Å². The van der Waals surface area contributed by atoms with Gasteiger partial charge in [-0.05, 0) is 54.7 Å². The fourth-order valence-corrected chi connectivity index (χ4v) is 4.53. The summed E-state index contributed by atoms with van der Waals surface area (Å²) in [7, 11) is 0. The molecule has 0 saturated heterocycles. The van der Waals surface area contributed by atoms with Crippen LogP contribution in [0.5, 0.6) is 0 Å². The van der Waals surface area contributed by atoms with Crippen LogP contribution < -0.4 is 0 Å². The molecular weight excluding hydrogens is 292 g/mol. The van der Waals surface area contributed by atoms with Gasteiger partial charge < -0.3 is 5.11 Å². The normalized spacial score (nSPS) is 14.6. The fraction of sp³-hybridized carbons (Fsp3) is 0.211. The van der Waals surface area contributed by atoms with Crippen LogP contribution in [0.2, 0.25) is 0 Å². The molecule has 1 aliphatic rings. The molecule has 4 rings (SSSR count). The van der Waals surface area contributed by atoms with Crippen molar-refractivity contribution in [2.75, 3.05) is 0 Å². The van der Waals surface area contributed by atoms with E-state index in [4.69, 9.17) is 0 Å². The summed E-state index contributed by atoms with van der Waals surface area (Å²) in [5.41, 5.74) is 4.66. The van der Waals surface area contributed by atoms with E-state index in [-0.39, 0.29) is 6.42 Å². The van der Waals surface area contributed by atoms with Crippen molar-refractivity contribution < 1.29 is 9.90 Å². The summed E-state index contributed by atoms with van der Waals surface area (Å²) in [6, 6.07) is 12.9. The van der Waals surface area contributed by atoms with Gasteiger partial charge in [0.1, 0.15) is 0 Å². The third kappa shape index (κ3) is 2.04. The van der Waals surface area contributed by atoms with Gasteiger partial charge >= 0.3 is 5.97 Å². The highest BCUT2D eigenvalue weighted by Crippen LogP contribution is 2.40. The molecule has 0 spiro atoms. The number of aliphatic carboxylic acids is 1. The van der Waals surface area contributed by atoms with E-state index in [1.54, 1.807) is 11.3 Å². The molecule has 2 aromatic carbocycles. The Kier molecular flexibility index (Phi) is 3.05. The molecular formula is C19H16O2S. The molecule has 0 atom stereocenters. The topological polar surface area (TPSA) is 37.3 Å². The van der Waals surface area contributed by atoms with Crippen LogP contribution in [0.4, 0.5) is 0 Å². The molecule has 1 aromatic heterocycles. The smallest absolute Gasteiger partial charge is 0.307 e. The lowest BCUT2D eigenvalue weighted by Crippen LogP contribution is -2.07. The van der Waals surface area contributed by atoms with E-state index >= 15 is 0 Å². The third-order valence-corrected chi connectivity index (χ3v) is 5.67. The third-order valence-electron chi connectivity index (χ3n) is 4.54. The molecule has 2 nitrogen and oxygen atoms in total. The lowest BCUT2D eigenvalue weighted by molar-refractivity contribution is -0.135. The number of hydrogen-bond acceptors (Lipinski definition) is 2. The maximum Gasteiger partial charge on any atom is 0.307 e. The van der Waals surface area contributed by atoms with Gasteiger partial charge in [-0.15, -0.1) is 11.3 Å². The number of benzene rings is 2. The fourth-order valence-electron chi connectivity index (χ4n) is 3.40. The molecule has 0 unspecified atom stereocenters. The number of hydrogen-bond donors (Lipinski definition) is 1. The second-order valence-electron chi connectivity index (χ2n) is 5.93. The molecule has 22 heavy (non-hydrogen) atoms. The summed E-state index contributed by atoms with van der Waals surface area (Å²) < 4.78 is 2.54. The largest absolute Gasteiger partial charge is 0.481 e. The zero-order valence-corrected chi connectivity index (χ0v) is 13.2. The Morgan fingerprint density at radius 1 is 1.14 bits per heavy atom. The van der Waals surface area contributed by atoms with Crippen molar-refractivity contribution in [3.8, 4) is 0 Å². The molecule has 1 N–H and O–H groups in total. The predicted octanol–water partition coefficient (Wildman–Crippen LogP) is 5.25. The van der Waals surface area contributed by atoms with Crippen LogP contribution in [0.3, 0.4) is 0 Å². The average Bonchev–Trinajstić information content (AvgIpc) is 2.86. The molecule has 1 heterocycles. The minimum Gasteiger partial charge on any atom is -0.481 e. The summed E-state index contributed by atoms with van der Waals surface area (Å²) in [6.45, 7) is 2.07. The average molecular weight is 308 g/mol.